The minimum absolute atomic E-state index is 0.227. The van der Waals surface area contributed by atoms with Gasteiger partial charge in [0.1, 0.15) is 5.76 Å². The van der Waals surface area contributed by atoms with Gasteiger partial charge in [-0.3, -0.25) is 4.79 Å². The Morgan fingerprint density at radius 1 is 1.59 bits per heavy atom. The molecule has 17 heavy (non-hydrogen) atoms. The maximum absolute atomic E-state index is 11.7. The average Bonchev–Trinajstić information content (AvgIpc) is 2.88. The Bertz CT molecular complexity index is 513. The van der Waals surface area contributed by atoms with Gasteiger partial charge in [-0.2, -0.15) is 0 Å². The molecule has 0 aromatic carbocycles. The van der Waals surface area contributed by atoms with E-state index in [9.17, 15) is 4.79 Å². The fourth-order valence-corrected chi connectivity index (χ4v) is 1.60. The molecule has 3 rings (SSSR count). The third-order valence-electron chi connectivity index (χ3n) is 2.73. The summed E-state index contributed by atoms with van der Waals surface area (Å²) in [5, 5.41) is 6.51. The Balaban J connectivity index is 1.60. The highest BCUT2D eigenvalue weighted by atomic mass is 16.5. The van der Waals surface area contributed by atoms with Crippen LogP contribution >= 0.6 is 0 Å². The highest BCUT2D eigenvalue weighted by Crippen LogP contribution is 2.40. The fraction of sp³-hybridized carbons (Fsp3) is 0.364. The van der Waals surface area contributed by atoms with Crippen LogP contribution in [0.3, 0.4) is 0 Å². The van der Waals surface area contributed by atoms with Crippen molar-refractivity contribution in [1.82, 2.24) is 20.4 Å². The van der Waals surface area contributed by atoms with Crippen LogP contribution < -0.4 is 5.32 Å². The zero-order valence-corrected chi connectivity index (χ0v) is 9.14. The van der Waals surface area contributed by atoms with E-state index < -0.39 is 0 Å². The minimum Gasteiger partial charge on any atom is -0.360 e. The van der Waals surface area contributed by atoms with E-state index in [1.54, 1.807) is 18.6 Å². The highest BCUT2D eigenvalue weighted by Gasteiger charge is 2.28. The summed E-state index contributed by atoms with van der Waals surface area (Å²) >= 11 is 0. The summed E-state index contributed by atoms with van der Waals surface area (Å²) in [7, 11) is 0. The number of hydrogen-bond acceptors (Lipinski definition) is 4. The first kappa shape index (κ1) is 10.1. The number of H-pyrrole nitrogens is 1. The molecular weight excluding hydrogens is 220 g/mol. The van der Waals surface area contributed by atoms with Crippen LogP contribution in [0, 0.1) is 0 Å². The number of aromatic nitrogens is 3. The average molecular weight is 232 g/mol. The number of rotatable bonds is 4. The molecule has 1 fully saturated rings. The molecule has 2 N–H and O–H groups in total. The quantitative estimate of drug-likeness (QED) is 0.829. The zero-order chi connectivity index (χ0) is 11.7. The maximum Gasteiger partial charge on any atom is 0.273 e. The molecule has 0 saturated heterocycles. The molecule has 1 aliphatic rings. The number of carbonyl (C=O) groups is 1. The van der Waals surface area contributed by atoms with Crippen molar-refractivity contribution >= 4 is 5.91 Å². The van der Waals surface area contributed by atoms with E-state index in [1.165, 1.54) is 0 Å². The third-order valence-corrected chi connectivity index (χ3v) is 2.73. The number of imidazole rings is 1. The molecule has 6 nitrogen and oxygen atoms in total. The molecule has 0 aliphatic heterocycles. The van der Waals surface area contributed by atoms with Gasteiger partial charge in [0, 0.05) is 18.2 Å². The summed E-state index contributed by atoms with van der Waals surface area (Å²) < 4.78 is 5.12. The molecule has 2 heterocycles. The second-order valence-corrected chi connectivity index (χ2v) is 4.15. The van der Waals surface area contributed by atoms with Crippen molar-refractivity contribution in [3.8, 4) is 0 Å². The smallest absolute Gasteiger partial charge is 0.273 e. The largest absolute Gasteiger partial charge is 0.360 e. The number of aromatic amines is 1. The summed E-state index contributed by atoms with van der Waals surface area (Å²) in [5.74, 6) is 1.06. The highest BCUT2D eigenvalue weighted by molar-refractivity contribution is 5.92. The first-order valence-electron chi connectivity index (χ1n) is 5.55. The number of nitrogens with one attached hydrogen (secondary N) is 2. The minimum atomic E-state index is -0.227. The van der Waals surface area contributed by atoms with Crippen LogP contribution in [0.15, 0.2) is 23.1 Å². The van der Waals surface area contributed by atoms with Crippen LogP contribution in [-0.2, 0) is 6.54 Å². The maximum atomic E-state index is 11.7. The van der Waals surface area contributed by atoms with Crippen LogP contribution in [0.1, 0.15) is 40.7 Å². The summed E-state index contributed by atoms with van der Waals surface area (Å²) in [6.45, 7) is 0.407. The molecule has 2 aromatic rings. The molecule has 2 aromatic heterocycles. The van der Waals surface area contributed by atoms with Gasteiger partial charge in [-0.25, -0.2) is 4.98 Å². The second kappa shape index (κ2) is 4.04. The molecule has 0 spiro atoms. The van der Waals surface area contributed by atoms with Gasteiger partial charge >= 0.3 is 0 Å². The molecule has 0 bridgehead atoms. The predicted octanol–water partition coefficient (Wildman–Crippen LogP) is 1.21. The van der Waals surface area contributed by atoms with Gasteiger partial charge in [0.2, 0.25) is 0 Å². The fourth-order valence-electron chi connectivity index (χ4n) is 1.60. The van der Waals surface area contributed by atoms with E-state index in [-0.39, 0.29) is 5.91 Å². The van der Waals surface area contributed by atoms with Crippen molar-refractivity contribution < 1.29 is 9.32 Å². The van der Waals surface area contributed by atoms with Gasteiger partial charge < -0.3 is 14.8 Å². The summed E-state index contributed by atoms with van der Waals surface area (Å²) in [4.78, 5) is 18.5. The Hall–Kier alpha value is -2.11. The van der Waals surface area contributed by atoms with Crippen LogP contribution in [0.5, 0.6) is 0 Å². The number of amides is 1. The van der Waals surface area contributed by atoms with E-state index in [0.29, 0.717) is 18.2 Å². The van der Waals surface area contributed by atoms with E-state index in [4.69, 9.17) is 4.52 Å². The molecular formula is C11H12N4O2. The molecule has 1 saturated carbocycles. The van der Waals surface area contributed by atoms with E-state index in [1.807, 2.05) is 0 Å². The van der Waals surface area contributed by atoms with Crippen LogP contribution in [0.25, 0.3) is 0 Å². The van der Waals surface area contributed by atoms with Crippen molar-refractivity contribution in [2.75, 3.05) is 0 Å². The molecule has 1 aliphatic carbocycles. The second-order valence-electron chi connectivity index (χ2n) is 4.15. The van der Waals surface area contributed by atoms with Gasteiger partial charge in [-0.05, 0) is 12.8 Å². The monoisotopic (exact) mass is 232 g/mol. The van der Waals surface area contributed by atoms with Crippen molar-refractivity contribution in [1.29, 1.82) is 0 Å². The van der Waals surface area contributed by atoms with Crippen molar-refractivity contribution in [2.24, 2.45) is 0 Å². The lowest BCUT2D eigenvalue weighted by molar-refractivity contribution is 0.0941. The summed E-state index contributed by atoms with van der Waals surface area (Å²) in [6, 6.07) is 1.72. The molecule has 6 heteroatoms. The Labute approximate surface area is 97.4 Å². The van der Waals surface area contributed by atoms with Gasteiger partial charge in [-0.1, -0.05) is 5.16 Å². The van der Waals surface area contributed by atoms with Gasteiger partial charge in [0.15, 0.2) is 5.69 Å². The van der Waals surface area contributed by atoms with Crippen LogP contribution in [0.4, 0.5) is 0 Å². The van der Waals surface area contributed by atoms with Crippen LogP contribution in [-0.4, -0.2) is 21.0 Å². The Morgan fingerprint density at radius 3 is 3.18 bits per heavy atom. The first-order valence-corrected chi connectivity index (χ1v) is 5.55. The summed E-state index contributed by atoms with van der Waals surface area (Å²) in [6.07, 6.45) is 5.50. The normalized spacial score (nSPS) is 14.8. The number of carbonyl (C=O) groups excluding carboxylic acids is 1. The standard InChI is InChI=1S/C11H12N4O2/c16-11(13-5-8-4-12-6-14-8)9-3-10(17-15-9)7-1-2-7/h3-4,6-7H,1-2,5H2,(H,12,14)(H,13,16). The van der Waals surface area contributed by atoms with Gasteiger partial charge in [-0.15, -0.1) is 0 Å². The van der Waals surface area contributed by atoms with Crippen molar-refractivity contribution in [2.45, 2.75) is 25.3 Å². The lowest BCUT2D eigenvalue weighted by atomic mass is 10.3. The zero-order valence-electron chi connectivity index (χ0n) is 9.14. The SMILES string of the molecule is O=C(NCc1cnc[nH]1)c1cc(C2CC2)on1. The number of nitrogens with zero attached hydrogens (tertiary/aromatic N) is 2. The number of hydrogen-bond donors (Lipinski definition) is 2. The van der Waals surface area contributed by atoms with Crippen molar-refractivity contribution in [3.63, 3.8) is 0 Å². The van der Waals surface area contributed by atoms with E-state index >= 15 is 0 Å². The Morgan fingerprint density at radius 2 is 2.47 bits per heavy atom. The van der Waals surface area contributed by atoms with Crippen molar-refractivity contribution in [3.05, 3.63) is 35.7 Å². The molecule has 0 radical (unpaired) electrons. The molecule has 88 valence electrons. The van der Waals surface area contributed by atoms with E-state index in [0.717, 1.165) is 24.3 Å². The lowest BCUT2D eigenvalue weighted by Gasteiger charge is -1.99. The molecule has 1 amide bonds. The third kappa shape index (κ3) is 2.20. The van der Waals surface area contributed by atoms with Gasteiger partial charge in [0.05, 0.1) is 18.6 Å². The van der Waals surface area contributed by atoms with Crippen LogP contribution in [0.2, 0.25) is 0 Å². The first-order chi connectivity index (χ1) is 8.33. The van der Waals surface area contributed by atoms with Gasteiger partial charge in [0.25, 0.3) is 5.91 Å². The lowest BCUT2D eigenvalue weighted by Crippen LogP contribution is -2.23. The van der Waals surface area contributed by atoms with E-state index in [2.05, 4.69) is 20.4 Å². The molecule has 0 atom stereocenters. The molecule has 0 unspecified atom stereocenters. The summed E-state index contributed by atoms with van der Waals surface area (Å²) in [5.41, 5.74) is 1.19. The topological polar surface area (TPSA) is 83.8 Å². The predicted molar refractivity (Wildman–Crippen MR) is 58.2 cm³/mol. The Kier molecular flexibility index (Phi) is 2.40.